The lowest BCUT2D eigenvalue weighted by Crippen LogP contribution is -2.33. The number of carbonyl (C=O) groups excluding carboxylic acids is 2. The maximum Gasteiger partial charge on any atom is 0.255 e. The van der Waals surface area contributed by atoms with E-state index < -0.39 is 0 Å². The molecule has 1 aromatic heterocycles. The molecule has 0 radical (unpaired) electrons. The highest BCUT2D eigenvalue weighted by Crippen LogP contribution is 2.29. The van der Waals surface area contributed by atoms with Crippen LogP contribution < -0.4 is 14.8 Å². The number of hydrogen-bond donors (Lipinski definition) is 1. The second-order valence-electron chi connectivity index (χ2n) is 7.77. The zero-order valence-corrected chi connectivity index (χ0v) is 19.2. The number of nitrogens with zero attached hydrogens (tertiary/aromatic N) is 3. The lowest BCUT2D eigenvalue weighted by molar-refractivity contribution is -0.131. The number of hydrazone groups is 1. The number of anilines is 1. The largest absolute Gasteiger partial charge is 0.493 e. The number of rotatable bonds is 8. The number of hydrogen-bond acceptors (Lipinski definition) is 6. The van der Waals surface area contributed by atoms with Gasteiger partial charge in [-0.2, -0.15) is 5.10 Å². The number of aromatic nitrogens is 1. The fourth-order valence-corrected chi connectivity index (χ4v) is 3.69. The number of amides is 2. The van der Waals surface area contributed by atoms with Crippen molar-refractivity contribution in [3.63, 3.8) is 0 Å². The second-order valence-corrected chi connectivity index (χ2v) is 7.77. The fourth-order valence-electron chi connectivity index (χ4n) is 3.69. The SMILES string of the molecule is COc1ccc(C2=NN(CCc3ccc(NC(=O)c4ccncc4)cc3)C(=O)CC2)cc1OC. The highest BCUT2D eigenvalue weighted by Gasteiger charge is 2.22. The van der Waals surface area contributed by atoms with Crippen LogP contribution in [-0.2, 0) is 11.2 Å². The van der Waals surface area contributed by atoms with E-state index in [1.807, 2.05) is 42.5 Å². The Labute approximate surface area is 198 Å². The van der Waals surface area contributed by atoms with Crippen molar-refractivity contribution in [3.05, 3.63) is 83.7 Å². The summed E-state index contributed by atoms with van der Waals surface area (Å²) in [5, 5.41) is 9.02. The molecule has 1 aliphatic heterocycles. The lowest BCUT2D eigenvalue weighted by atomic mass is 10.0. The maximum absolute atomic E-state index is 12.4. The normalized spacial score (nSPS) is 13.3. The first-order chi connectivity index (χ1) is 16.6. The molecule has 0 aliphatic carbocycles. The zero-order valence-electron chi connectivity index (χ0n) is 19.2. The molecule has 34 heavy (non-hydrogen) atoms. The summed E-state index contributed by atoms with van der Waals surface area (Å²) in [7, 11) is 3.19. The third-order valence-electron chi connectivity index (χ3n) is 5.59. The van der Waals surface area contributed by atoms with Gasteiger partial charge in [0.25, 0.3) is 5.91 Å². The van der Waals surface area contributed by atoms with Crippen molar-refractivity contribution >= 4 is 23.2 Å². The fraction of sp³-hybridized carbons (Fsp3) is 0.231. The Morgan fingerprint density at radius 1 is 0.971 bits per heavy atom. The Hall–Kier alpha value is -4.20. The van der Waals surface area contributed by atoms with Crippen molar-refractivity contribution in [2.45, 2.75) is 19.3 Å². The topological polar surface area (TPSA) is 93.1 Å². The van der Waals surface area contributed by atoms with E-state index in [1.54, 1.807) is 38.7 Å². The average Bonchev–Trinajstić information content (AvgIpc) is 2.89. The van der Waals surface area contributed by atoms with Gasteiger partial charge < -0.3 is 14.8 Å². The number of benzene rings is 2. The molecule has 2 aromatic carbocycles. The van der Waals surface area contributed by atoms with Crippen LogP contribution in [0.2, 0.25) is 0 Å². The third kappa shape index (κ3) is 5.40. The molecule has 1 N–H and O–H groups in total. The van der Waals surface area contributed by atoms with Crippen LogP contribution in [0.1, 0.15) is 34.3 Å². The summed E-state index contributed by atoms with van der Waals surface area (Å²) in [6.45, 7) is 0.471. The molecule has 174 valence electrons. The van der Waals surface area contributed by atoms with Crippen molar-refractivity contribution in [1.82, 2.24) is 9.99 Å². The van der Waals surface area contributed by atoms with E-state index >= 15 is 0 Å². The number of pyridine rings is 1. The van der Waals surface area contributed by atoms with Crippen LogP contribution in [0.25, 0.3) is 0 Å². The van der Waals surface area contributed by atoms with E-state index in [4.69, 9.17) is 9.47 Å². The molecule has 0 saturated carbocycles. The zero-order chi connectivity index (χ0) is 23.9. The van der Waals surface area contributed by atoms with Gasteiger partial charge in [-0.25, -0.2) is 5.01 Å². The van der Waals surface area contributed by atoms with E-state index in [0.717, 1.165) is 16.8 Å². The molecule has 0 bridgehead atoms. The van der Waals surface area contributed by atoms with Gasteiger partial charge in [-0.15, -0.1) is 0 Å². The van der Waals surface area contributed by atoms with Gasteiger partial charge in [0, 0.05) is 48.6 Å². The van der Waals surface area contributed by atoms with Gasteiger partial charge in [-0.3, -0.25) is 14.6 Å². The summed E-state index contributed by atoms with van der Waals surface area (Å²) in [4.78, 5) is 28.6. The van der Waals surface area contributed by atoms with Crippen LogP contribution in [0.4, 0.5) is 5.69 Å². The van der Waals surface area contributed by atoms with Crippen molar-refractivity contribution in [3.8, 4) is 11.5 Å². The summed E-state index contributed by atoms with van der Waals surface area (Å²) in [5.74, 6) is 1.09. The minimum absolute atomic E-state index is 0.00506. The standard InChI is InChI=1S/C26H26N4O4/c1-33-23-9-5-20(17-24(23)34-2)22-8-10-25(31)30(29-22)16-13-18-3-6-21(7-4-18)28-26(32)19-11-14-27-15-12-19/h3-7,9,11-12,14-15,17H,8,10,13,16H2,1-2H3,(H,28,32). The maximum atomic E-state index is 12.4. The van der Waals surface area contributed by atoms with Gasteiger partial charge in [0.2, 0.25) is 5.91 Å². The molecule has 8 nitrogen and oxygen atoms in total. The van der Waals surface area contributed by atoms with Gasteiger partial charge in [-0.05, 0) is 54.4 Å². The summed E-state index contributed by atoms with van der Waals surface area (Å²) in [5.41, 5.74) is 4.04. The molecule has 1 aliphatic rings. The third-order valence-corrected chi connectivity index (χ3v) is 5.59. The Bertz CT molecular complexity index is 1190. The number of ether oxygens (including phenoxy) is 2. The van der Waals surface area contributed by atoms with E-state index in [0.29, 0.717) is 48.6 Å². The molecule has 0 spiro atoms. The highest BCUT2D eigenvalue weighted by atomic mass is 16.5. The Morgan fingerprint density at radius 2 is 1.71 bits per heavy atom. The predicted octanol–water partition coefficient (Wildman–Crippen LogP) is 3.92. The molecule has 4 rings (SSSR count). The lowest BCUT2D eigenvalue weighted by Gasteiger charge is -2.24. The van der Waals surface area contributed by atoms with Crippen LogP contribution in [0, 0.1) is 0 Å². The Kier molecular flexibility index (Phi) is 7.17. The van der Waals surface area contributed by atoms with E-state index in [9.17, 15) is 9.59 Å². The van der Waals surface area contributed by atoms with Crippen molar-refractivity contribution < 1.29 is 19.1 Å². The first-order valence-corrected chi connectivity index (χ1v) is 11.0. The van der Waals surface area contributed by atoms with Crippen molar-refractivity contribution in [2.75, 3.05) is 26.1 Å². The first kappa shape index (κ1) is 23.0. The van der Waals surface area contributed by atoms with Crippen LogP contribution in [0.15, 0.2) is 72.1 Å². The second kappa shape index (κ2) is 10.6. The van der Waals surface area contributed by atoms with Gasteiger partial charge in [0.15, 0.2) is 11.5 Å². The van der Waals surface area contributed by atoms with Gasteiger partial charge in [-0.1, -0.05) is 12.1 Å². The summed E-state index contributed by atoms with van der Waals surface area (Å²) in [6, 6.07) is 16.6. The molecule has 8 heteroatoms. The molecule has 2 heterocycles. The molecule has 0 saturated heterocycles. The quantitative estimate of drug-likeness (QED) is 0.552. The molecule has 0 unspecified atom stereocenters. The van der Waals surface area contributed by atoms with Crippen molar-refractivity contribution in [1.29, 1.82) is 0 Å². The number of carbonyl (C=O) groups is 2. The summed E-state index contributed by atoms with van der Waals surface area (Å²) in [6.07, 6.45) is 4.80. The minimum Gasteiger partial charge on any atom is -0.493 e. The smallest absolute Gasteiger partial charge is 0.255 e. The number of methoxy groups -OCH3 is 2. The molecule has 0 fully saturated rings. The average molecular weight is 459 g/mol. The Balaban J connectivity index is 1.39. The molecule has 2 amide bonds. The Morgan fingerprint density at radius 3 is 2.41 bits per heavy atom. The van der Waals surface area contributed by atoms with Gasteiger partial charge in [0.1, 0.15) is 0 Å². The van der Waals surface area contributed by atoms with Crippen LogP contribution in [0.3, 0.4) is 0 Å². The molecular formula is C26H26N4O4. The predicted molar refractivity (Wildman–Crippen MR) is 129 cm³/mol. The van der Waals surface area contributed by atoms with Crippen LogP contribution in [0.5, 0.6) is 11.5 Å². The molecule has 0 atom stereocenters. The van der Waals surface area contributed by atoms with Crippen molar-refractivity contribution in [2.24, 2.45) is 5.10 Å². The molecular weight excluding hydrogens is 432 g/mol. The van der Waals surface area contributed by atoms with Crippen LogP contribution >= 0.6 is 0 Å². The highest BCUT2D eigenvalue weighted by molar-refractivity contribution is 6.05. The molecule has 3 aromatic rings. The first-order valence-electron chi connectivity index (χ1n) is 11.0. The van der Waals surface area contributed by atoms with E-state index in [2.05, 4.69) is 15.4 Å². The summed E-state index contributed by atoms with van der Waals surface area (Å²) < 4.78 is 10.7. The number of nitrogens with one attached hydrogen (secondary N) is 1. The van der Waals surface area contributed by atoms with Crippen LogP contribution in [-0.4, -0.2) is 48.3 Å². The minimum atomic E-state index is -0.189. The van der Waals surface area contributed by atoms with Gasteiger partial charge >= 0.3 is 0 Å². The van der Waals surface area contributed by atoms with Gasteiger partial charge in [0.05, 0.1) is 19.9 Å². The van der Waals surface area contributed by atoms with E-state index in [1.165, 1.54) is 5.01 Å². The van der Waals surface area contributed by atoms with E-state index in [-0.39, 0.29) is 11.8 Å². The monoisotopic (exact) mass is 458 g/mol. The summed E-state index contributed by atoms with van der Waals surface area (Å²) >= 11 is 0.